The Morgan fingerprint density at radius 3 is 2.78 bits per heavy atom. The largest absolute Gasteiger partial charge is 0.389 e. The highest BCUT2D eigenvalue weighted by Gasteiger charge is 2.20. The lowest BCUT2D eigenvalue weighted by Crippen LogP contribution is -2.14. The zero-order chi connectivity index (χ0) is 13.1. The molecule has 1 aromatic rings. The standard InChI is InChI=1S/C15H21ClOS/c1-10-4-3-5-13(8-10)18-15-7-6-12(11(2)17)9-14(15)16/h6-7,9-11,13,17H,3-5,8H2,1-2H3. The van der Waals surface area contributed by atoms with Crippen molar-refractivity contribution in [2.24, 2.45) is 5.92 Å². The topological polar surface area (TPSA) is 20.2 Å². The van der Waals surface area contributed by atoms with Crippen LogP contribution in [0.25, 0.3) is 0 Å². The molecular weight excluding hydrogens is 264 g/mol. The van der Waals surface area contributed by atoms with Crippen molar-refractivity contribution in [2.45, 2.75) is 55.8 Å². The second kappa shape index (κ2) is 6.31. The van der Waals surface area contributed by atoms with E-state index in [-0.39, 0.29) is 0 Å². The van der Waals surface area contributed by atoms with E-state index in [9.17, 15) is 5.11 Å². The third kappa shape index (κ3) is 3.66. The maximum Gasteiger partial charge on any atom is 0.0762 e. The first-order valence-corrected chi connectivity index (χ1v) is 7.96. The van der Waals surface area contributed by atoms with Crippen molar-refractivity contribution >= 4 is 23.4 Å². The summed E-state index contributed by atoms with van der Waals surface area (Å²) in [5.74, 6) is 0.840. The Kier molecular flexibility index (Phi) is 4.99. The second-order valence-corrected chi connectivity index (χ2v) is 7.13. The SMILES string of the molecule is CC1CCCC(Sc2ccc(C(C)O)cc2Cl)C1. The molecule has 0 radical (unpaired) electrons. The Bertz CT molecular complexity index is 405. The first-order chi connectivity index (χ1) is 8.56. The van der Waals surface area contributed by atoms with Gasteiger partial charge in [0.05, 0.1) is 11.1 Å². The van der Waals surface area contributed by atoms with E-state index >= 15 is 0 Å². The number of aliphatic hydroxyl groups excluding tert-OH is 1. The Morgan fingerprint density at radius 1 is 1.39 bits per heavy atom. The molecule has 1 nitrogen and oxygen atoms in total. The van der Waals surface area contributed by atoms with E-state index < -0.39 is 6.10 Å². The molecule has 0 spiro atoms. The van der Waals surface area contributed by atoms with Gasteiger partial charge in [-0.05, 0) is 43.4 Å². The lowest BCUT2D eigenvalue weighted by atomic mass is 9.91. The summed E-state index contributed by atoms with van der Waals surface area (Å²) in [6.07, 6.45) is 4.84. The van der Waals surface area contributed by atoms with Gasteiger partial charge in [-0.25, -0.2) is 0 Å². The van der Waals surface area contributed by atoms with Crippen molar-refractivity contribution in [3.05, 3.63) is 28.8 Å². The van der Waals surface area contributed by atoms with Gasteiger partial charge in [0.15, 0.2) is 0 Å². The van der Waals surface area contributed by atoms with Crippen LogP contribution in [-0.2, 0) is 0 Å². The van der Waals surface area contributed by atoms with Crippen LogP contribution in [0, 0.1) is 5.92 Å². The summed E-state index contributed by atoms with van der Waals surface area (Å²) in [6, 6.07) is 5.92. The van der Waals surface area contributed by atoms with Crippen LogP contribution in [0.5, 0.6) is 0 Å². The Balaban J connectivity index is 2.05. The van der Waals surface area contributed by atoms with Crippen molar-refractivity contribution in [1.82, 2.24) is 0 Å². The van der Waals surface area contributed by atoms with Crippen molar-refractivity contribution < 1.29 is 5.11 Å². The fourth-order valence-electron chi connectivity index (χ4n) is 2.54. The average Bonchev–Trinajstić information content (AvgIpc) is 2.31. The number of benzene rings is 1. The van der Waals surface area contributed by atoms with E-state index in [1.165, 1.54) is 25.7 Å². The molecule has 0 aliphatic heterocycles. The number of rotatable bonds is 3. The Hall–Kier alpha value is -0.180. The second-order valence-electron chi connectivity index (χ2n) is 5.38. The van der Waals surface area contributed by atoms with Crippen molar-refractivity contribution in [2.75, 3.05) is 0 Å². The van der Waals surface area contributed by atoms with Crippen molar-refractivity contribution in [1.29, 1.82) is 0 Å². The highest BCUT2D eigenvalue weighted by Crippen LogP contribution is 2.39. The van der Waals surface area contributed by atoms with Gasteiger partial charge in [0, 0.05) is 10.1 Å². The van der Waals surface area contributed by atoms with Crippen molar-refractivity contribution in [3.63, 3.8) is 0 Å². The molecule has 1 aromatic carbocycles. The zero-order valence-corrected chi connectivity index (χ0v) is 12.6. The van der Waals surface area contributed by atoms with Crippen LogP contribution in [0.4, 0.5) is 0 Å². The third-order valence-electron chi connectivity index (χ3n) is 3.62. The molecule has 0 aromatic heterocycles. The van der Waals surface area contributed by atoms with E-state index in [1.807, 2.05) is 30.0 Å². The first-order valence-electron chi connectivity index (χ1n) is 6.70. The summed E-state index contributed by atoms with van der Waals surface area (Å²) in [6.45, 7) is 4.10. The van der Waals surface area contributed by atoms with E-state index in [2.05, 4.69) is 6.92 Å². The van der Waals surface area contributed by atoms with Gasteiger partial charge in [-0.1, -0.05) is 37.4 Å². The molecule has 3 atom stereocenters. The predicted molar refractivity (Wildman–Crippen MR) is 79.4 cm³/mol. The van der Waals surface area contributed by atoms with Gasteiger partial charge in [0.25, 0.3) is 0 Å². The highest BCUT2D eigenvalue weighted by atomic mass is 35.5. The number of thioether (sulfide) groups is 1. The van der Waals surface area contributed by atoms with Crippen LogP contribution in [0.2, 0.25) is 5.02 Å². The number of aliphatic hydroxyl groups is 1. The molecule has 0 bridgehead atoms. The van der Waals surface area contributed by atoms with Crippen LogP contribution in [0.15, 0.2) is 23.1 Å². The number of hydrogen-bond donors (Lipinski definition) is 1. The van der Waals surface area contributed by atoms with E-state index in [0.29, 0.717) is 5.25 Å². The molecule has 3 unspecified atom stereocenters. The van der Waals surface area contributed by atoms with Gasteiger partial charge in [0.2, 0.25) is 0 Å². The predicted octanol–water partition coefficient (Wildman–Crippen LogP) is 5.06. The molecule has 0 saturated heterocycles. The van der Waals surface area contributed by atoms with Gasteiger partial charge < -0.3 is 5.11 Å². The fraction of sp³-hybridized carbons (Fsp3) is 0.600. The highest BCUT2D eigenvalue weighted by molar-refractivity contribution is 8.00. The summed E-state index contributed by atoms with van der Waals surface area (Å²) < 4.78 is 0. The summed E-state index contributed by atoms with van der Waals surface area (Å²) in [4.78, 5) is 1.15. The number of halogens is 1. The van der Waals surface area contributed by atoms with Gasteiger partial charge in [0.1, 0.15) is 0 Å². The molecule has 2 rings (SSSR count). The summed E-state index contributed by atoms with van der Waals surface area (Å²) in [5, 5.41) is 11.0. The van der Waals surface area contributed by atoms with E-state index in [4.69, 9.17) is 11.6 Å². The van der Waals surface area contributed by atoms with Crippen molar-refractivity contribution in [3.8, 4) is 0 Å². The summed E-state index contributed by atoms with van der Waals surface area (Å²) in [5.41, 5.74) is 0.890. The maximum absolute atomic E-state index is 9.53. The average molecular weight is 285 g/mol. The molecule has 3 heteroatoms. The normalized spacial score (nSPS) is 26.0. The minimum Gasteiger partial charge on any atom is -0.389 e. The Morgan fingerprint density at radius 2 is 2.17 bits per heavy atom. The minimum atomic E-state index is -0.448. The molecule has 1 saturated carbocycles. The summed E-state index contributed by atoms with van der Waals surface area (Å²) >= 11 is 8.20. The van der Waals surface area contributed by atoms with E-state index in [1.54, 1.807) is 6.92 Å². The molecule has 100 valence electrons. The van der Waals surface area contributed by atoms with Gasteiger partial charge in [-0.2, -0.15) is 0 Å². The molecule has 1 aliphatic rings. The fourth-order valence-corrected chi connectivity index (χ4v) is 4.25. The minimum absolute atomic E-state index is 0.448. The lowest BCUT2D eigenvalue weighted by Gasteiger charge is -2.26. The maximum atomic E-state index is 9.53. The van der Waals surface area contributed by atoms with Crippen LogP contribution in [0.3, 0.4) is 0 Å². The quantitative estimate of drug-likeness (QED) is 0.837. The molecule has 18 heavy (non-hydrogen) atoms. The van der Waals surface area contributed by atoms with Gasteiger partial charge >= 0.3 is 0 Å². The number of hydrogen-bond acceptors (Lipinski definition) is 2. The van der Waals surface area contributed by atoms with Crippen LogP contribution in [0.1, 0.15) is 51.2 Å². The van der Waals surface area contributed by atoms with E-state index in [0.717, 1.165) is 21.4 Å². The van der Waals surface area contributed by atoms with Crippen LogP contribution < -0.4 is 0 Å². The van der Waals surface area contributed by atoms with Crippen LogP contribution in [-0.4, -0.2) is 10.4 Å². The first kappa shape index (κ1) is 14.2. The molecule has 0 heterocycles. The zero-order valence-electron chi connectivity index (χ0n) is 11.0. The molecule has 1 aliphatic carbocycles. The lowest BCUT2D eigenvalue weighted by molar-refractivity contribution is 0.199. The van der Waals surface area contributed by atoms with Gasteiger partial charge in [-0.15, -0.1) is 11.8 Å². The third-order valence-corrected chi connectivity index (χ3v) is 5.42. The Labute approximate surface area is 119 Å². The van der Waals surface area contributed by atoms with Crippen LogP contribution >= 0.6 is 23.4 Å². The summed E-state index contributed by atoms with van der Waals surface area (Å²) in [7, 11) is 0. The molecule has 1 N–H and O–H groups in total. The van der Waals surface area contributed by atoms with Gasteiger partial charge in [-0.3, -0.25) is 0 Å². The molecule has 1 fully saturated rings. The smallest absolute Gasteiger partial charge is 0.0762 e. The molecule has 0 amide bonds. The monoisotopic (exact) mass is 284 g/mol. The molecular formula is C15H21ClOS.